The molecule has 0 aliphatic heterocycles. The predicted octanol–water partition coefficient (Wildman–Crippen LogP) is 2.13. The average molecular weight is 285 g/mol. The minimum absolute atomic E-state index is 0.341. The van der Waals surface area contributed by atoms with E-state index in [0.29, 0.717) is 19.0 Å². The van der Waals surface area contributed by atoms with Gasteiger partial charge in [-0.25, -0.2) is 0 Å². The molecule has 0 atom stereocenters. The van der Waals surface area contributed by atoms with Gasteiger partial charge in [0.15, 0.2) is 0 Å². The molecule has 0 aliphatic carbocycles. The van der Waals surface area contributed by atoms with Crippen LogP contribution < -0.4 is 10.5 Å². The molecule has 0 radical (unpaired) electrons. The average Bonchev–Trinajstić information content (AvgIpc) is 2.49. The van der Waals surface area contributed by atoms with Crippen LogP contribution in [0.15, 0.2) is 18.2 Å². The second-order valence-corrected chi connectivity index (χ2v) is 5.00. The van der Waals surface area contributed by atoms with Crippen LogP contribution in [0.4, 0.5) is 0 Å². The molecule has 0 aliphatic rings. The van der Waals surface area contributed by atoms with Gasteiger partial charge >= 0.3 is 0 Å². The Hall–Kier alpha value is -2.01. The normalized spacial score (nSPS) is 10.1. The van der Waals surface area contributed by atoms with Crippen LogP contribution >= 0.6 is 0 Å². The van der Waals surface area contributed by atoms with Crippen molar-refractivity contribution in [3.63, 3.8) is 0 Å². The fraction of sp³-hybridized carbons (Fsp3) is 0.471. The highest BCUT2D eigenvalue weighted by molar-refractivity contribution is 5.45. The summed E-state index contributed by atoms with van der Waals surface area (Å²) < 4.78 is 5.29. The summed E-state index contributed by atoms with van der Waals surface area (Å²) in [5.74, 6) is 6.81. The van der Waals surface area contributed by atoms with Crippen molar-refractivity contribution in [3.8, 4) is 23.7 Å². The van der Waals surface area contributed by atoms with E-state index in [4.69, 9.17) is 15.7 Å². The van der Waals surface area contributed by atoms with Gasteiger partial charge in [0.2, 0.25) is 0 Å². The smallest absolute Gasteiger partial charge is 0.119 e. The summed E-state index contributed by atoms with van der Waals surface area (Å²) in [6.45, 7) is 6.08. The second kappa shape index (κ2) is 9.02. The first kappa shape index (κ1) is 17.0. The van der Waals surface area contributed by atoms with Gasteiger partial charge in [0.1, 0.15) is 5.75 Å². The van der Waals surface area contributed by atoms with E-state index in [2.05, 4.69) is 36.7 Å². The Balaban J connectivity index is 3.04. The lowest BCUT2D eigenvalue weighted by Gasteiger charge is -2.26. The molecular formula is C17H23N3O. The molecule has 0 fully saturated rings. The zero-order valence-electron chi connectivity index (χ0n) is 13.0. The molecule has 0 saturated carbocycles. The third-order valence-electron chi connectivity index (χ3n) is 3.25. The van der Waals surface area contributed by atoms with E-state index in [9.17, 15) is 0 Å². The molecule has 0 spiro atoms. The summed E-state index contributed by atoms with van der Waals surface area (Å²) in [5.41, 5.74) is 7.51. The van der Waals surface area contributed by atoms with Crippen molar-refractivity contribution in [3.05, 3.63) is 29.3 Å². The molecule has 21 heavy (non-hydrogen) atoms. The van der Waals surface area contributed by atoms with Gasteiger partial charge in [-0.3, -0.25) is 4.90 Å². The number of hydrogen-bond acceptors (Lipinski definition) is 4. The van der Waals surface area contributed by atoms with Gasteiger partial charge in [-0.1, -0.05) is 11.8 Å². The van der Waals surface area contributed by atoms with Crippen LogP contribution in [0.5, 0.6) is 5.75 Å². The number of nitrogens with zero attached hydrogens (tertiary/aromatic N) is 2. The first-order valence-corrected chi connectivity index (χ1v) is 7.09. The molecule has 1 rings (SSSR count). The Morgan fingerprint density at radius 3 is 2.71 bits per heavy atom. The lowest BCUT2D eigenvalue weighted by Crippen LogP contribution is -2.31. The third kappa shape index (κ3) is 5.47. The van der Waals surface area contributed by atoms with E-state index in [0.717, 1.165) is 30.0 Å². The highest BCUT2D eigenvalue weighted by Gasteiger charge is 2.12. The number of rotatable bonds is 6. The minimum Gasteiger partial charge on any atom is -0.497 e. The molecular weight excluding hydrogens is 262 g/mol. The maximum Gasteiger partial charge on any atom is 0.119 e. The number of nitriles is 1. The zero-order chi connectivity index (χ0) is 15.7. The van der Waals surface area contributed by atoms with Crippen molar-refractivity contribution in [2.45, 2.75) is 32.9 Å². The standard InChI is InChI=1S/C17H23N3O/c1-14(2)20(11-5-10-19)13-16-12-17(21-3)8-7-15(16)6-4-9-18/h7-8,12,14H,5,9,11,13,18H2,1-3H3. The molecule has 2 N–H and O–H groups in total. The van der Waals surface area contributed by atoms with E-state index in [1.807, 2.05) is 18.2 Å². The van der Waals surface area contributed by atoms with Crippen LogP contribution in [-0.4, -0.2) is 31.1 Å². The summed E-state index contributed by atoms with van der Waals surface area (Å²) >= 11 is 0. The molecule has 0 amide bonds. The summed E-state index contributed by atoms with van der Waals surface area (Å²) in [6.07, 6.45) is 0.520. The van der Waals surface area contributed by atoms with Crippen molar-refractivity contribution in [1.82, 2.24) is 4.90 Å². The molecule has 0 saturated heterocycles. The maximum absolute atomic E-state index is 8.78. The van der Waals surface area contributed by atoms with Crippen molar-refractivity contribution in [2.75, 3.05) is 20.2 Å². The molecule has 1 aromatic rings. The van der Waals surface area contributed by atoms with Gasteiger partial charge in [0, 0.05) is 31.1 Å². The highest BCUT2D eigenvalue weighted by Crippen LogP contribution is 2.20. The topological polar surface area (TPSA) is 62.3 Å². The molecule has 112 valence electrons. The molecule has 1 aromatic carbocycles. The number of hydrogen-bond donors (Lipinski definition) is 1. The van der Waals surface area contributed by atoms with Crippen LogP contribution in [0.25, 0.3) is 0 Å². The number of ether oxygens (including phenoxy) is 1. The second-order valence-electron chi connectivity index (χ2n) is 5.00. The van der Waals surface area contributed by atoms with Gasteiger partial charge in [-0.15, -0.1) is 0 Å². The molecule has 0 heterocycles. The van der Waals surface area contributed by atoms with Gasteiger partial charge in [0.05, 0.1) is 19.7 Å². The molecule has 0 bridgehead atoms. The Labute approximate surface area is 127 Å². The Morgan fingerprint density at radius 2 is 2.14 bits per heavy atom. The predicted molar refractivity (Wildman–Crippen MR) is 84.7 cm³/mol. The summed E-state index contributed by atoms with van der Waals surface area (Å²) in [5, 5.41) is 8.78. The third-order valence-corrected chi connectivity index (χ3v) is 3.25. The van der Waals surface area contributed by atoms with Crippen LogP contribution in [0, 0.1) is 23.2 Å². The minimum atomic E-state index is 0.341. The lowest BCUT2D eigenvalue weighted by molar-refractivity contribution is 0.217. The SMILES string of the molecule is COc1ccc(C#CCN)c(CN(CCC#N)C(C)C)c1. The van der Waals surface area contributed by atoms with Crippen molar-refractivity contribution < 1.29 is 4.74 Å². The van der Waals surface area contributed by atoms with Gasteiger partial charge < -0.3 is 10.5 Å². The molecule has 4 nitrogen and oxygen atoms in total. The maximum atomic E-state index is 8.78. The number of nitrogens with two attached hydrogens (primary N) is 1. The van der Waals surface area contributed by atoms with Crippen molar-refractivity contribution in [1.29, 1.82) is 5.26 Å². The van der Waals surface area contributed by atoms with Gasteiger partial charge in [-0.05, 0) is 37.6 Å². The van der Waals surface area contributed by atoms with Crippen LogP contribution in [0.2, 0.25) is 0 Å². The van der Waals surface area contributed by atoms with Crippen molar-refractivity contribution >= 4 is 0 Å². The molecule has 4 heteroatoms. The van der Waals surface area contributed by atoms with Crippen LogP contribution in [0.1, 0.15) is 31.4 Å². The summed E-state index contributed by atoms with van der Waals surface area (Å²) in [7, 11) is 1.65. The largest absolute Gasteiger partial charge is 0.497 e. The van der Waals surface area contributed by atoms with E-state index in [-0.39, 0.29) is 0 Å². The number of benzene rings is 1. The van der Waals surface area contributed by atoms with Crippen LogP contribution in [0.3, 0.4) is 0 Å². The Morgan fingerprint density at radius 1 is 1.38 bits per heavy atom. The fourth-order valence-electron chi connectivity index (χ4n) is 2.03. The van der Waals surface area contributed by atoms with Gasteiger partial charge in [-0.2, -0.15) is 5.26 Å². The molecule has 0 unspecified atom stereocenters. The highest BCUT2D eigenvalue weighted by atomic mass is 16.5. The first-order chi connectivity index (χ1) is 10.1. The van der Waals surface area contributed by atoms with E-state index >= 15 is 0 Å². The Bertz CT molecular complexity index is 549. The fourth-order valence-corrected chi connectivity index (χ4v) is 2.03. The zero-order valence-corrected chi connectivity index (χ0v) is 13.0. The Kier molecular flexibility index (Phi) is 7.32. The number of methoxy groups -OCH3 is 1. The van der Waals surface area contributed by atoms with Crippen LogP contribution in [-0.2, 0) is 6.54 Å². The lowest BCUT2D eigenvalue weighted by atomic mass is 10.1. The van der Waals surface area contributed by atoms with Gasteiger partial charge in [0.25, 0.3) is 0 Å². The van der Waals surface area contributed by atoms with E-state index in [1.54, 1.807) is 7.11 Å². The van der Waals surface area contributed by atoms with Crippen molar-refractivity contribution in [2.24, 2.45) is 5.73 Å². The van der Waals surface area contributed by atoms with E-state index < -0.39 is 0 Å². The summed E-state index contributed by atoms with van der Waals surface area (Å²) in [4.78, 5) is 2.26. The summed E-state index contributed by atoms with van der Waals surface area (Å²) in [6, 6.07) is 8.42. The first-order valence-electron chi connectivity index (χ1n) is 7.09. The van der Waals surface area contributed by atoms with E-state index in [1.165, 1.54) is 0 Å². The quantitative estimate of drug-likeness (QED) is 0.813. The molecule has 0 aromatic heterocycles. The monoisotopic (exact) mass is 285 g/mol.